The fourth-order valence-electron chi connectivity index (χ4n) is 3.56. The highest BCUT2D eigenvalue weighted by Gasteiger charge is 2.33. The van der Waals surface area contributed by atoms with Crippen LogP contribution in [0.25, 0.3) is 0 Å². The molecule has 1 heterocycles. The second-order valence-electron chi connectivity index (χ2n) is 7.24. The Bertz CT molecular complexity index is 534. The molecular weight excluding hydrogens is 310 g/mol. The standard InChI is InChI=1S/C18H25NO3S/c1-18(9-3-2-4-10-18)12-22-14-7-5-13(6-8-14)11-15-16(20)19-17(21)23-15/h5,7-8,13,15H,2-4,6,9-12H2,1H3,(H,19,20,21)/t13-,15?/m0/s1. The number of imide groups is 1. The van der Waals surface area contributed by atoms with Crippen molar-refractivity contribution in [3.05, 3.63) is 24.0 Å². The Morgan fingerprint density at radius 1 is 1.30 bits per heavy atom. The number of carbonyl (C=O) groups is 2. The van der Waals surface area contributed by atoms with E-state index in [2.05, 4.69) is 24.4 Å². The Morgan fingerprint density at radius 3 is 2.70 bits per heavy atom. The van der Waals surface area contributed by atoms with Crippen LogP contribution in [0, 0.1) is 11.3 Å². The first-order valence-corrected chi connectivity index (χ1v) is 9.45. The van der Waals surface area contributed by atoms with E-state index in [9.17, 15) is 9.59 Å². The Balaban J connectivity index is 1.44. The lowest BCUT2D eigenvalue weighted by Crippen LogP contribution is -2.26. The normalized spacial score (nSPS) is 30.0. The van der Waals surface area contributed by atoms with Crippen molar-refractivity contribution >= 4 is 22.9 Å². The summed E-state index contributed by atoms with van der Waals surface area (Å²) in [6, 6.07) is 0. The zero-order valence-corrected chi connectivity index (χ0v) is 14.5. The minimum Gasteiger partial charge on any atom is -0.493 e. The number of ether oxygens (including phenoxy) is 1. The third-order valence-electron chi connectivity index (χ3n) is 5.09. The van der Waals surface area contributed by atoms with E-state index >= 15 is 0 Å². The Kier molecular flexibility index (Phi) is 5.14. The lowest BCUT2D eigenvalue weighted by molar-refractivity contribution is -0.119. The SMILES string of the molecule is CC1(COC2=CC[C@@H](CC3SC(=O)NC3=O)C=C2)CCCCC1. The second kappa shape index (κ2) is 7.12. The van der Waals surface area contributed by atoms with Crippen LogP contribution in [-0.4, -0.2) is 23.0 Å². The molecule has 2 amide bonds. The van der Waals surface area contributed by atoms with E-state index in [-0.39, 0.29) is 16.4 Å². The van der Waals surface area contributed by atoms with Crippen LogP contribution in [0.2, 0.25) is 0 Å². The van der Waals surface area contributed by atoms with Crippen LogP contribution < -0.4 is 5.32 Å². The number of hydrogen-bond acceptors (Lipinski definition) is 4. The van der Waals surface area contributed by atoms with Crippen LogP contribution in [0.5, 0.6) is 0 Å². The zero-order chi connectivity index (χ0) is 16.3. The van der Waals surface area contributed by atoms with Crippen molar-refractivity contribution in [1.29, 1.82) is 0 Å². The van der Waals surface area contributed by atoms with Gasteiger partial charge in [0.15, 0.2) is 0 Å². The molecule has 4 nitrogen and oxygen atoms in total. The number of thioether (sulfide) groups is 1. The molecule has 2 aliphatic carbocycles. The van der Waals surface area contributed by atoms with Crippen LogP contribution in [-0.2, 0) is 9.53 Å². The molecule has 2 atom stereocenters. The fraction of sp³-hybridized carbons (Fsp3) is 0.667. The van der Waals surface area contributed by atoms with Gasteiger partial charge in [0.05, 0.1) is 11.9 Å². The van der Waals surface area contributed by atoms with E-state index in [1.54, 1.807) is 0 Å². The molecule has 0 radical (unpaired) electrons. The molecule has 1 saturated carbocycles. The number of hydrogen-bond donors (Lipinski definition) is 1. The van der Waals surface area contributed by atoms with E-state index in [0.29, 0.717) is 17.8 Å². The largest absolute Gasteiger partial charge is 0.493 e. The van der Waals surface area contributed by atoms with Crippen molar-refractivity contribution in [1.82, 2.24) is 5.32 Å². The summed E-state index contributed by atoms with van der Waals surface area (Å²) in [5.41, 5.74) is 0.322. The third-order valence-corrected chi connectivity index (χ3v) is 6.09. The molecule has 0 bridgehead atoms. The topological polar surface area (TPSA) is 55.4 Å². The maximum absolute atomic E-state index is 11.6. The van der Waals surface area contributed by atoms with Gasteiger partial charge in [-0.2, -0.15) is 0 Å². The van der Waals surface area contributed by atoms with Gasteiger partial charge in [0.2, 0.25) is 5.91 Å². The summed E-state index contributed by atoms with van der Waals surface area (Å²) in [6.07, 6.45) is 14.4. The maximum Gasteiger partial charge on any atom is 0.286 e. The van der Waals surface area contributed by atoms with Crippen LogP contribution in [0.15, 0.2) is 24.0 Å². The first-order chi connectivity index (χ1) is 11.0. The van der Waals surface area contributed by atoms with Crippen LogP contribution >= 0.6 is 11.8 Å². The van der Waals surface area contributed by atoms with Gasteiger partial charge in [-0.15, -0.1) is 0 Å². The van der Waals surface area contributed by atoms with E-state index in [0.717, 1.165) is 30.5 Å². The molecule has 1 aliphatic heterocycles. The van der Waals surface area contributed by atoms with Crippen molar-refractivity contribution in [2.45, 2.75) is 57.1 Å². The van der Waals surface area contributed by atoms with Crippen LogP contribution in [0.1, 0.15) is 51.9 Å². The van der Waals surface area contributed by atoms with Crippen molar-refractivity contribution < 1.29 is 14.3 Å². The average molecular weight is 335 g/mol. The molecule has 3 rings (SSSR count). The first-order valence-electron chi connectivity index (χ1n) is 8.57. The molecular formula is C18H25NO3S. The molecule has 126 valence electrons. The van der Waals surface area contributed by atoms with Gasteiger partial charge in [0.25, 0.3) is 5.24 Å². The van der Waals surface area contributed by atoms with Gasteiger partial charge in [0, 0.05) is 5.41 Å². The minimum atomic E-state index is -0.242. The van der Waals surface area contributed by atoms with Gasteiger partial charge < -0.3 is 4.74 Å². The van der Waals surface area contributed by atoms with Crippen LogP contribution in [0.4, 0.5) is 4.79 Å². The predicted octanol–water partition coefficient (Wildman–Crippen LogP) is 4.18. The highest BCUT2D eigenvalue weighted by molar-refractivity contribution is 8.15. The van der Waals surface area contributed by atoms with Crippen molar-refractivity contribution in [2.75, 3.05) is 6.61 Å². The molecule has 0 aromatic heterocycles. The van der Waals surface area contributed by atoms with Crippen LogP contribution in [0.3, 0.4) is 0 Å². The Hall–Kier alpha value is -1.23. The molecule has 0 aromatic carbocycles. The summed E-state index contributed by atoms with van der Waals surface area (Å²) >= 11 is 1.11. The first kappa shape index (κ1) is 16.6. The number of rotatable bonds is 5. The van der Waals surface area contributed by atoms with Gasteiger partial charge in [-0.05, 0) is 43.8 Å². The highest BCUT2D eigenvalue weighted by Crippen LogP contribution is 2.37. The summed E-state index contributed by atoms with van der Waals surface area (Å²) in [5.74, 6) is 1.11. The van der Waals surface area contributed by atoms with Gasteiger partial charge in [0.1, 0.15) is 5.76 Å². The molecule has 1 N–H and O–H groups in total. The monoisotopic (exact) mass is 335 g/mol. The van der Waals surface area contributed by atoms with E-state index < -0.39 is 0 Å². The Morgan fingerprint density at radius 2 is 2.09 bits per heavy atom. The number of carbonyl (C=O) groups excluding carboxylic acids is 2. The third kappa shape index (κ3) is 4.40. The predicted molar refractivity (Wildman–Crippen MR) is 92.0 cm³/mol. The summed E-state index contributed by atoms with van der Waals surface area (Å²) in [6.45, 7) is 3.12. The van der Waals surface area contributed by atoms with Crippen molar-refractivity contribution in [3.63, 3.8) is 0 Å². The van der Waals surface area contributed by atoms with E-state index in [4.69, 9.17) is 4.74 Å². The molecule has 3 aliphatic rings. The molecule has 0 aromatic rings. The number of allylic oxidation sites excluding steroid dienone is 3. The minimum absolute atomic E-state index is 0.148. The smallest absolute Gasteiger partial charge is 0.286 e. The van der Waals surface area contributed by atoms with Crippen molar-refractivity contribution in [3.8, 4) is 0 Å². The van der Waals surface area contributed by atoms with E-state index in [1.165, 1.54) is 32.1 Å². The fourth-order valence-corrected chi connectivity index (χ4v) is 4.48. The quantitative estimate of drug-likeness (QED) is 0.819. The Labute approximate surface area is 142 Å². The summed E-state index contributed by atoms with van der Waals surface area (Å²) in [7, 11) is 0. The number of amides is 2. The molecule has 5 heteroatoms. The summed E-state index contributed by atoms with van der Waals surface area (Å²) in [4.78, 5) is 22.8. The van der Waals surface area contributed by atoms with Gasteiger partial charge in [-0.25, -0.2) is 0 Å². The molecule has 2 fully saturated rings. The van der Waals surface area contributed by atoms with Gasteiger partial charge in [-0.3, -0.25) is 14.9 Å². The molecule has 0 spiro atoms. The zero-order valence-electron chi connectivity index (χ0n) is 13.7. The van der Waals surface area contributed by atoms with E-state index in [1.807, 2.05) is 6.08 Å². The molecule has 1 unspecified atom stereocenters. The van der Waals surface area contributed by atoms with Gasteiger partial charge >= 0.3 is 0 Å². The summed E-state index contributed by atoms with van der Waals surface area (Å²) < 4.78 is 6.02. The molecule has 1 saturated heterocycles. The molecule has 23 heavy (non-hydrogen) atoms. The summed E-state index contributed by atoms with van der Waals surface area (Å²) in [5, 5.41) is 1.88. The lowest BCUT2D eigenvalue weighted by Gasteiger charge is -2.33. The lowest BCUT2D eigenvalue weighted by atomic mass is 9.76. The maximum atomic E-state index is 11.6. The highest BCUT2D eigenvalue weighted by atomic mass is 32.2. The van der Waals surface area contributed by atoms with Gasteiger partial charge in [-0.1, -0.05) is 44.0 Å². The van der Waals surface area contributed by atoms with Crippen molar-refractivity contribution in [2.24, 2.45) is 11.3 Å². The second-order valence-corrected chi connectivity index (χ2v) is 8.42. The average Bonchev–Trinajstić information content (AvgIpc) is 2.85. The number of nitrogens with one attached hydrogen (secondary N) is 1.